The molecule has 4 nitrogen and oxygen atoms in total. The number of aliphatic hydroxyl groups excluding tert-OH is 1. The molecule has 0 saturated heterocycles. The Bertz CT molecular complexity index is 241. The molecule has 0 radical (unpaired) electrons. The lowest BCUT2D eigenvalue weighted by atomic mass is 9.89. The fourth-order valence-corrected chi connectivity index (χ4v) is 2.48. The number of aliphatic hydroxyl groups is 1. The molecule has 1 aliphatic rings. The van der Waals surface area contributed by atoms with Crippen molar-refractivity contribution in [1.29, 1.82) is 0 Å². The Morgan fingerprint density at radius 3 is 2.50 bits per heavy atom. The summed E-state index contributed by atoms with van der Waals surface area (Å²) in [6.07, 6.45) is 4.81. The third-order valence-corrected chi connectivity index (χ3v) is 4.39. The van der Waals surface area contributed by atoms with Gasteiger partial charge in [0.05, 0.1) is 18.8 Å². The summed E-state index contributed by atoms with van der Waals surface area (Å²) in [6, 6.07) is 0.568. The quantitative estimate of drug-likeness (QED) is 0.635. The third kappa shape index (κ3) is 7.58. The zero-order chi connectivity index (χ0) is 15.0. The number of nitrogens with zero attached hydrogens (tertiary/aromatic N) is 1. The maximum absolute atomic E-state index is 9.91. The van der Waals surface area contributed by atoms with Crippen molar-refractivity contribution >= 4 is 0 Å². The third-order valence-electron chi connectivity index (χ3n) is 4.39. The number of hydrogen-bond acceptors (Lipinski definition) is 4. The summed E-state index contributed by atoms with van der Waals surface area (Å²) in [4.78, 5) is 2.29. The Morgan fingerprint density at radius 2 is 1.90 bits per heavy atom. The highest BCUT2D eigenvalue weighted by atomic mass is 16.5. The smallest absolute Gasteiger partial charge is 0.0897 e. The zero-order valence-corrected chi connectivity index (χ0v) is 13.8. The van der Waals surface area contributed by atoms with Crippen LogP contribution in [0.25, 0.3) is 0 Å². The molecule has 0 aromatic heterocycles. The highest BCUT2D eigenvalue weighted by Gasteiger charge is 2.19. The van der Waals surface area contributed by atoms with Crippen molar-refractivity contribution in [2.75, 3.05) is 33.3 Å². The van der Waals surface area contributed by atoms with Gasteiger partial charge >= 0.3 is 0 Å². The number of nitrogens with one attached hydrogen (secondary N) is 1. The SMILES string of the molecule is CC1CCC(OCC(O)CNCCN(C)C(C)C)CC1. The minimum Gasteiger partial charge on any atom is -0.389 e. The van der Waals surface area contributed by atoms with E-state index in [4.69, 9.17) is 4.74 Å². The van der Waals surface area contributed by atoms with Gasteiger partial charge in [0.1, 0.15) is 0 Å². The van der Waals surface area contributed by atoms with E-state index in [9.17, 15) is 5.11 Å². The van der Waals surface area contributed by atoms with Crippen LogP contribution in [0.3, 0.4) is 0 Å². The fourth-order valence-electron chi connectivity index (χ4n) is 2.48. The van der Waals surface area contributed by atoms with Gasteiger partial charge in [-0.2, -0.15) is 0 Å². The highest BCUT2D eigenvalue weighted by molar-refractivity contribution is 4.71. The van der Waals surface area contributed by atoms with Crippen molar-refractivity contribution < 1.29 is 9.84 Å². The molecule has 1 atom stereocenters. The van der Waals surface area contributed by atoms with Gasteiger partial charge in [0.25, 0.3) is 0 Å². The van der Waals surface area contributed by atoms with Crippen LogP contribution in [0.1, 0.15) is 46.5 Å². The van der Waals surface area contributed by atoms with Crippen LogP contribution in [0.5, 0.6) is 0 Å². The van der Waals surface area contributed by atoms with Crippen LogP contribution in [0.4, 0.5) is 0 Å². The molecular formula is C16H34N2O2. The Kier molecular flexibility index (Phi) is 8.69. The standard InChI is InChI=1S/C16H34N2O2/c1-13(2)18(4)10-9-17-11-15(19)12-20-16-7-5-14(3)6-8-16/h13-17,19H,5-12H2,1-4H3. The van der Waals surface area contributed by atoms with E-state index in [0.717, 1.165) is 31.8 Å². The lowest BCUT2D eigenvalue weighted by Crippen LogP contribution is -2.38. The summed E-state index contributed by atoms with van der Waals surface area (Å²) in [7, 11) is 2.12. The molecular weight excluding hydrogens is 252 g/mol. The molecule has 0 amide bonds. The maximum Gasteiger partial charge on any atom is 0.0897 e. The van der Waals surface area contributed by atoms with Gasteiger partial charge in [0, 0.05) is 25.7 Å². The molecule has 1 fully saturated rings. The van der Waals surface area contributed by atoms with Crippen molar-refractivity contribution in [1.82, 2.24) is 10.2 Å². The first kappa shape index (κ1) is 17.9. The molecule has 0 aromatic rings. The molecule has 0 bridgehead atoms. The normalized spacial score (nSPS) is 25.4. The summed E-state index contributed by atoms with van der Waals surface area (Å²) < 4.78 is 5.81. The van der Waals surface area contributed by atoms with Gasteiger partial charge in [0.2, 0.25) is 0 Å². The van der Waals surface area contributed by atoms with E-state index in [1.807, 2.05) is 0 Å². The molecule has 2 N–H and O–H groups in total. The minimum atomic E-state index is -0.390. The second kappa shape index (κ2) is 9.72. The first-order valence-corrected chi connectivity index (χ1v) is 8.19. The van der Waals surface area contributed by atoms with E-state index >= 15 is 0 Å². The van der Waals surface area contributed by atoms with Gasteiger partial charge in [-0.25, -0.2) is 0 Å². The molecule has 120 valence electrons. The number of ether oxygens (including phenoxy) is 1. The fraction of sp³-hybridized carbons (Fsp3) is 1.00. The van der Waals surface area contributed by atoms with Crippen LogP contribution in [0.2, 0.25) is 0 Å². The van der Waals surface area contributed by atoms with Crippen molar-refractivity contribution in [2.24, 2.45) is 5.92 Å². The monoisotopic (exact) mass is 286 g/mol. The van der Waals surface area contributed by atoms with Crippen LogP contribution in [0, 0.1) is 5.92 Å². The predicted octanol–water partition coefficient (Wildman–Crippen LogP) is 1.87. The average molecular weight is 286 g/mol. The molecule has 0 spiro atoms. The topological polar surface area (TPSA) is 44.7 Å². The Balaban J connectivity index is 1.99. The second-order valence-corrected chi connectivity index (χ2v) is 6.65. The van der Waals surface area contributed by atoms with Crippen molar-refractivity contribution in [3.05, 3.63) is 0 Å². The van der Waals surface area contributed by atoms with E-state index < -0.39 is 6.10 Å². The summed E-state index contributed by atoms with van der Waals surface area (Å²) >= 11 is 0. The van der Waals surface area contributed by atoms with Crippen LogP contribution in [0.15, 0.2) is 0 Å². The van der Waals surface area contributed by atoms with E-state index in [2.05, 4.69) is 38.0 Å². The van der Waals surface area contributed by atoms with Crippen LogP contribution in [-0.2, 0) is 4.74 Å². The van der Waals surface area contributed by atoms with E-state index in [0.29, 0.717) is 25.3 Å². The lowest BCUT2D eigenvalue weighted by molar-refractivity contribution is -0.0278. The average Bonchev–Trinajstić information content (AvgIpc) is 2.42. The zero-order valence-electron chi connectivity index (χ0n) is 13.8. The van der Waals surface area contributed by atoms with Crippen LogP contribution < -0.4 is 5.32 Å². The van der Waals surface area contributed by atoms with Crippen molar-refractivity contribution in [2.45, 2.75) is 64.7 Å². The maximum atomic E-state index is 9.91. The lowest BCUT2D eigenvalue weighted by Gasteiger charge is -2.27. The molecule has 1 unspecified atom stereocenters. The molecule has 20 heavy (non-hydrogen) atoms. The molecule has 0 aliphatic heterocycles. The van der Waals surface area contributed by atoms with Crippen LogP contribution in [-0.4, -0.2) is 61.5 Å². The molecule has 0 heterocycles. The molecule has 0 aromatic carbocycles. The van der Waals surface area contributed by atoms with Crippen molar-refractivity contribution in [3.8, 4) is 0 Å². The first-order valence-electron chi connectivity index (χ1n) is 8.19. The van der Waals surface area contributed by atoms with Gasteiger partial charge in [-0.15, -0.1) is 0 Å². The van der Waals surface area contributed by atoms with Gasteiger partial charge in [-0.3, -0.25) is 0 Å². The number of rotatable bonds is 9. The molecule has 1 aliphatic carbocycles. The van der Waals surface area contributed by atoms with E-state index in [-0.39, 0.29) is 0 Å². The first-order chi connectivity index (χ1) is 9.49. The van der Waals surface area contributed by atoms with E-state index in [1.165, 1.54) is 12.8 Å². The van der Waals surface area contributed by atoms with Crippen LogP contribution >= 0.6 is 0 Å². The number of likely N-dealkylation sites (N-methyl/N-ethyl adjacent to an activating group) is 1. The predicted molar refractivity (Wildman–Crippen MR) is 84.0 cm³/mol. The summed E-state index contributed by atoms with van der Waals surface area (Å²) in [5, 5.41) is 13.2. The van der Waals surface area contributed by atoms with Gasteiger partial charge in [-0.1, -0.05) is 6.92 Å². The second-order valence-electron chi connectivity index (χ2n) is 6.65. The minimum absolute atomic E-state index is 0.368. The molecule has 4 heteroatoms. The molecule has 1 rings (SSSR count). The highest BCUT2D eigenvalue weighted by Crippen LogP contribution is 2.25. The Morgan fingerprint density at radius 1 is 1.25 bits per heavy atom. The summed E-state index contributed by atoms with van der Waals surface area (Å²) in [5.74, 6) is 0.847. The summed E-state index contributed by atoms with van der Waals surface area (Å²) in [6.45, 7) is 9.68. The van der Waals surface area contributed by atoms with E-state index in [1.54, 1.807) is 0 Å². The number of hydrogen-bond donors (Lipinski definition) is 2. The Hall–Kier alpha value is -0.160. The van der Waals surface area contributed by atoms with Gasteiger partial charge in [-0.05, 0) is 52.5 Å². The van der Waals surface area contributed by atoms with Gasteiger partial charge < -0.3 is 20.1 Å². The molecule has 1 saturated carbocycles. The van der Waals surface area contributed by atoms with Crippen molar-refractivity contribution in [3.63, 3.8) is 0 Å². The van der Waals surface area contributed by atoms with Gasteiger partial charge in [0.15, 0.2) is 0 Å². The summed E-state index contributed by atoms with van der Waals surface area (Å²) in [5.41, 5.74) is 0. The largest absolute Gasteiger partial charge is 0.389 e. The Labute approximate surface area is 124 Å².